The Kier molecular flexibility index (Phi) is 10.5. The molecule has 5 nitrogen and oxygen atoms in total. The molecule has 3 N–H and O–H groups in total. The second-order valence-electron chi connectivity index (χ2n) is 6.73. The lowest BCUT2D eigenvalue weighted by molar-refractivity contribution is -0.137. The summed E-state index contributed by atoms with van der Waals surface area (Å²) in [6.07, 6.45) is 4.66. The predicted molar refractivity (Wildman–Crippen MR) is 96.5 cm³/mol. The molecule has 1 aliphatic rings. The third kappa shape index (κ3) is 6.68. The molecule has 0 bridgehead atoms. The van der Waals surface area contributed by atoms with Crippen LogP contribution in [0.15, 0.2) is 0 Å². The second-order valence-corrected chi connectivity index (χ2v) is 6.73. The minimum absolute atomic E-state index is 0. The van der Waals surface area contributed by atoms with E-state index in [1.165, 1.54) is 0 Å². The lowest BCUT2D eigenvalue weighted by Gasteiger charge is -2.35. The zero-order valence-electron chi connectivity index (χ0n) is 15.0. The number of nitrogens with two attached hydrogens (primary N) is 1. The SMILES string of the molecule is CCCC(C)NC(=O)C1CCCN(C(=O)C(N)C(C)CC)C1.Cl. The van der Waals surface area contributed by atoms with E-state index in [2.05, 4.69) is 12.2 Å². The fourth-order valence-corrected chi connectivity index (χ4v) is 2.97. The molecule has 0 aliphatic carbocycles. The van der Waals surface area contributed by atoms with Crippen molar-refractivity contribution in [2.24, 2.45) is 17.6 Å². The van der Waals surface area contributed by atoms with Crippen LogP contribution in [0, 0.1) is 11.8 Å². The highest BCUT2D eigenvalue weighted by Crippen LogP contribution is 2.19. The van der Waals surface area contributed by atoms with Crippen LogP contribution in [0.1, 0.15) is 59.8 Å². The molecule has 4 unspecified atom stereocenters. The number of carbonyl (C=O) groups is 2. The standard InChI is InChI=1S/C17H33N3O2.ClH/c1-5-8-13(4)19-16(21)14-9-7-10-20(11-14)17(22)15(18)12(3)6-2;/h12-15H,5-11,18H2,1-4H3,(H,19,21);1H. The molecule has 0 aromatic rings. The van der Waals surface area contributed by atoms with Gasteiger partial charge in [-0.15, -0.1) is 12.4 Å². The van der Waals surface area contributed by atoms with Crippen LogP contribution in [0.3, 0.4) is 0 Å². The van der Waals surface area contributed by atoms with E-state index in [0.29, 0.717) is 6.54 Å². The van der Waals surface area contributed by atoms with Crippen LogP contribution in [0.25, 0.3) is 0 Å². The molecule has 0 spiro atoms. The van der Waals surface area contributed by atoms with Gasteiger partial charge in [0, 0.05) is 19.1 Å². The van der Waals surface area contributed by atoms with Crippen LogP contribution in [0.4, 0.5) is 0 Å². The van der Waals surface area contributed by atoms with E-state index in [0.717, 1.165) is 38.6 Å². The summed E-state index contributed by atoms with van der Waals surface area (Å²) >= 11 is 0. The van der Waals surface area contributed by atoms with E-state index >= 15 is 0 Å². The number of nitrogens with zero attached hydrogens (tertiary/aromatic N) is 1. The van der Waals surface area contributed by atoms with Gasteiger partial charge in [-0.1, -0.05) is 33.6 Å². The molecular formula is C17H34ClN3O2. The van der Waals surface area contributed by atoms with Crippen LogP contribution >= 0.6 is 12.4 Å². The normalized spacial score (nSPS) is 21.8. The molecule has 2 amide bonds. The Morgan fingerprint density at radius 1 is 1.30 bits per heavy atom. The van der Waals surface area contributed by atoms with Crippen molar-refractivity contribution in [2.45, 2.75) is 71.9 Å². The number of halogens is 1. The van der Waals surface area contributed by atoms with Crippen LogP contribution in [0.2, 0.25) is 0 Å². The van der Waals surface area contributed by atoms with Crippen LogP contribution in [-0.2, 0) is 9.59 Å². The van der Waals surface area contributed by atoms with Gasteiger partial charge in [0.25, 0.3) is 0 Å². The van der Waals surface area contributed by atoms with E-state index < -0.39 is 6.04 Å². The fraction of sp³-hybridized carbons (Fsp3) is 0.882. The van der Waals surface area contributed by atoms with Gasteiger partial charge in [-0.25, -0.2) is 0 Å². The van der Waals surface area contributed by atoms with Crippen molar-refractivity contribution in [1.82, 2.24) is 10.2 Å². The maximum atomic E-state index is 12.5. The van der Waals surface area contributed by atoms with E-state index in [4.69, 9.17) is 5.73 Å². The maximum Gasteiger partial charge on any atom is 0.239 e. The van der Waals surface area contributed by atoms with E-state index in [9.17, 15) is 9.59 Å². The first-order valence-electron chi connectivity index (χ1n) is 8.75. The van der Waals surface area contributed by atoms with Crippen LogP contribution in [0.5, 0.6) is 0 Å². The minimum Gasteiger partial charge on any atom is -0.353 e. The molecule has 0 radical (unpaired) electrons. The summed E-state index contributed by atoms with van der Waals surface area (Å²) in [6, 6.07) is -0.253. The Morgan fingerprint density at radius 3 is 2.52 bits per heavy atom. The Labute approximate surface area is 147 Å². The number of likely N-dealkylation sites (tertiary alicyclic amines) is 1. The summed E-state index contributed by atoms with van der Waals surface area (Å²) in [5, 5.41) is 3.07. The van der Waals surface area contributed by atoms with Crippen molar-refractivity contribution in [2.75, 3.05) is 13.1 Å². The second kappa shape index (κ2) is 10.9. The Hall–Kier alpha value is -0.810. The quantitative estimate of drug-likeness (QED) is 0.742. The number of amides is 2. The fourth-order valence-electron chi connectivity index (χ4n) is 2.97. The van der Waals surface area contributed by atoms with Crippen molar-refractivity contribution < 1.29 is 9.59 Å². The summed E-state index contributed by atoms with van der Waals surface area (Å²) in [6.45, 7) is 9.42. The molecule has 1 saturated heterocycles. The maximum absolute atomic E-state index is 12.5. The number of piperidine rings is 1. The van der Waals surface area contributed by atoms with Gasteiger partial charge in [0.05, 0.1) is 12.0 Å². The van der Waals surface area contributed by atoms with Gasteiger partial charge in [0.2, 0.25) is 11.8 Å². The Balaban J connectivity index is 0.00000484. The van der Waals surface area contributed by atoms with E-state index in [1.54, 1.807) is 4.90 Å². The summed E-state index contributed by atoms with van der Waals surface area (Å²) in [4.78, 5) is 26.6. The number of hydrogen-bond acceptors (Lipinski definition) is 3. The number of hydrogen-bond donors (Lipinski definition) is 2. The zero-order chi connectivity index (χ0) is 16.7. The average molecular weight is 348 g/mol. The molecule has 0 saturated carbocycles. The minimum atomic E-state index is -0.453. The molecule has 0 aromatic carbocycles. The molecule has 136 valence electrons. The Bertz CT molecular complexity index is 379. The van der Waals surface area contributed by atoms with Gasteiger partial charge in [0.1, 0.15) is 0 Å². The molecule has 4 atom stereocenters. The number of rotatable bonds is 7. The molecule has 1 fully saturated rings. The van der Waals surface area contributed by atoms with Crippen LogP contribution in [-0.4, -0.2) is 41.9 Å². The summed E-state index contributed by atoms with van der Waals surface area (Å²) in [7, 11) is 0. The van der Waals surface area contributed by atoms with Gasteiger partial charge in [-0.2, -0.15) is 0 Å². The van der Waals surface area contributed by atoms with Crippen molar-refractivity contribution in [1.29, 1.82) is 0 Å². The molecule has 1 heterocycles. The first-order chi connectivity index (χ1) is 10.4. The largest absolute Gasteiger partial charge is 0.353 e. The molecular weight excluding hydrogens is 314 g/mol. The van der Waals surface area contributed by atoms with Crippen molar-refractivity contribution in [3.63, 3.8) is 0 Å². The summed E-state index contributed by atoms with van der Waals surface area (Å²) in [5.74, 6) is 0.149. The molecule has 1 rings (SSSR count). The molecule has 6 heteroatoms. The van der Waals surface area contributed by atoms with E-state index in [-0.39, 0.29) is 42.1 Å². The van der Waals surface area contributed by atoms with Gasteiger partial charge in [0.15, 0.2) is 0 Å². The first-order valence-corrected chi connectivity index (χ1v) is 8.75. The number of nitrogens with one attached hydrogen (secondary N) is 1. The monoisotopic (exact) mass is 347 g/mol. The molecule has 23 heavy (non-hydrogen) atoms. The summed E-state index contributed by atoms with van der Waals surface area (Å²) in [5.41, 5.74) is 6.05. The highest BCUT2D eigenvalue weighted by atomic mass is 35.5. The molecule has 0 aromatic heterocycles. The summed E-state index contributed by atoms with van der Waals surface area (Å²) < 4.78 is 0. The number of carbonyl (C=O) groups excluding carboxylic acids is 2. The third-order valence-corrected chi connectivity index (χ3v) is 4.76. The lowest BCUT2D eigenvalue weighted by Crippen LogP contribution is -2.52. The van der Waals surface area contributed by atoms with Crippen molar-refractivity contribution in [3.8, 4) is 0 Å². The van der Waals surface area contributed by atoms with Gasteiger partial charge in [-0.3, -0.25) is 9.59 Å². The van der Waals surface area contributed by atoms with Gasteiger partial charge < -0.3 is 16.0 Å². The average Bonchev–Trinajstić information content (AvgIpc) is 2.52. The highest BCUT2D eigenvalue weighted by Gasteiger charge is 2.32. The topological polar surface area (TPSA) is 75.4 Å². The van der Waals surface area contributed by atoms with Crippen LogP contribution < -0.4 is 11.1 Å². The third-order valence-electron chi connectivity index (χ3n) is 4.76. The van der Waals surface area contributed by atoms with Crippen molar-refractivity contribution in [3.05, 3.63) is 0 Å². The van der Waals surface area contributed by atoms with Gasteiger partial charge in [-0.05, 0) is 32.1 Å². The first kappa shape index (κ1) is 22.2. The zero-order valence-corrected chi connectivity index (χ0v) is 15.8. The smallest absolute Gasteiger partial charge is 0.239 e. The highest BCUT2D eigenvalue weighted by molar-refractivity contribution is 5.85. The van der Waals surface area contributed by atoms with Crippen molar-refractivity contribution >= 4 is 24.2 Å². The van der Waals surface area contributed by atoms with Gasteiger partial charge >= 0.3 is 0 Å². The Morgan fingerprint density at radius 2 is 1.96 bits per heavy atom. The predicted octanol–water partition coefficient (Wildman–Crippen LogP) is 2.33. The molecule has 1 aliphatic heterocycles. The van der Waals surface area contributed by atoms with E-state index in [1.807, 2.05) is 20.8 Å². The lowest BCUT2D eigenvalue weighted by atomic mass is 9.93.